The van der Waals surface area contributed by atoms with Crippen molar-refractivity contribution in [2.24, 2.45) is 0 Å². The molecular weight excluding hydrogens is 510 g/mol. The van der Waals surface area contributed by atoms with Gasteiger partial charge in [0.1, 0.15) is 11.9 Å². The number of carbonyl (C=O) groups excluding carboxylic acids is 1. The van der Waals surface area contributed by atoms with E-state index in [4.69, 9.17) is 9.47 Å². The van der Waals surface area contributed by atoms with E-state index in [9.17, 15) is 13.2 Å². The first-order chi connectivity index (χ1) is 18.0. The second kappa shape index (κ2) is 12.9. The first kappa shape index (κ1) is 29.1. The van der Waals surface area contributed by atoms with Gasteiger partial charge in [0.25, 0.3) is 0 Å². The van der Waals surface area contributed by atoms with Crippen molar-refractivity contribution >= 4 is 38.9 Å². The maximum atomic E-state index is 12.2. The van der Waals surface area contributed by atoms with E-state index < -0.39 is 10.0 Å². The van der Waals surface area contributed by atoms with Gasteiger partial charge in [-0.15, -0.1) is 0 Å². The van der Waals surface area contributed by atoms with Crippen LogP contribution in [0.3, 0.4) is 0 Å². The average Bonchev–Trinajstić information content (AvgIpc) is 2.87. The van der Waals surface area contributed by atoms with Gasteiger partial charge in [0.05, 0.1) is 30.4 Å². The molecule has 1 aliphatic rings. The van der Waals surface area contributed by atoms with Crippen LogP contribution in [0.25, 0.3) is 0 Å². The molecule has 1 fully saturated rings. The molecule has 2 N–H and O–H groups in total. The van der Waals surface area contributed by atoms with Crippen molar-refractivity contribution in [1.82, 2.24) is 19.2 Å². The first-order valence-electron chi connectivity index (χ1n) is 12.2. The van der Waals surface area contributed by atoms with Crippen LogP contribution in [0.1, 0.15) is 12.8 Å². The number of hydrogen-bond acceptors (Lipinski definition) is 10. The highest BCUT2D eigenvalue weighted by Gasteiger charge is 2.26. The van der Waals surface area contributed by atoms with Crippen LogP contribution in [-0.2, 0) is 14.8 Å². The summed E-state index contributed by atoms with van der Waals surface area (Å²) in [6, 6.07) is 5.26. The molecule has 38 heavy (non-hydrogen) atoms. The Balaban J connectivity index is 1.80. The molecule has 0 unspecified atom stereocenters. The number of anilines is 4. The van der Waals surface area contributed by atoms with Crippen molar-refractivity contribution in [3.05, 3.63) is 37.1 Å². The van der Waals surface area contributed by atoms with Gasteiger partial charge in [0, 0.05) is 51.6 Å². The Bertz CT molecular complexity index is 1230. The van der Waals surface area contributed by atoms with Crippen molar-refractivity contribution in [3.8, 4) is 11.6 Å². The molecular formula is C25H37N7O5S. The maximum Gasteiger partial charge on any atom is 0.247 e. The van der Waals surface area contributed by atoms with Gasteiger partial charge in [-0.1, -0.05) is 6.58 Å². The van der Waals surface area contributed by atoms with Crippen LogP contribution in [0, 0.1) is 0 Å². The molecule has 1 aromatic heterocycles. The van der Waals surface area contributed by atoms with Crippen LogP contribution in [0.2, 0.25) is 0 Å². The predicted molar refractivity (Wildman–Crippen MR) is 149 cm³/mol. The molecule has 1 amide bonds. The fourth-order valence-electron chi connectivity index (χ4n) is 3.95. The number of carbonyl (C=O) groups is 1. The van der Waals surface area contributed by atoms with Crippen LogP contribution in [-0.4, -0.2) is 100 Å². The smallest absolute Gasteiger partial charge is 0.247 e. The molecule has 0 bridgehead atoms. The summed E-state index contributed by atoms with van der Waals surface area (Å²) in [5, 5.41) is 6.02. The number of nitrogens with zero attached hydrogens (tertiary/aromatic N) is 5. The van der Waals surface area contributed by atoms with Crippen LogP contribution < -0.4 is 25.0 Å². The van der Waals surface area contributed by atoms with Crippen LogP contribution in [0.15, 0.2) is 37.1 Å². The van der Waals surface area contributed by atoms with Crippen molar-refractivity contribution in [2.45, 2.75) is 18.9 Å². The minimum Gasteiger partial charge on any atom is -0.494 e. The third-order valence-electron chi connectivity index (χ3n) is 6.09. The molecule has 0 spiro atoms. The molecule has 1 saturated heterocycles. The van der Waals surface area contributed by atoms with Crippen LogP contribution in [0.5, 0.6) is 11.6 Å². The molecule has 0 atom stereocenters. The number of likely N-dealkylation sites (N-methyl/N-ethyl adjacent to an activating group) is 2. The molecule has 2 heterocycles. The fourth-order valence-corrected chi connectivity index (χ4v) is 4.82. The molecule has 1 aromatic carbocycles. The van der Waals surface area contributed by atoms with E-state index in [0.29, 0.717) is 48.9 Å². The zero-order chi connectivity index (χ0) is 27.9. The minimum absolute atomic E-state index is 0.150. The summed E-state index contributed by atoms with van der Waals surface area (Å²) in [6.07, 6.45) is 5.00. The fraction of sp³-hybridized carbons (Fsp3) is 0.480. The number of sulfonamides is 1. The first-order valence-corrected chi connectivity index (χ1v) is 14.1. The number of hydrogen-bond donors (Lipinski definition) is 2. The lowest BCUT2D eigenvalue weighted by Crippen LogP contribution is -2.41. The number of nitrogens with one attached hydrogen (secondary N) is 2. The van der Waals surface area contributed by atoms with E-state index >= 15 is 0 Å². The van der Waals surface area contributed by atoms with Gasteiger partial charge in [-0.3, -0.25) is 4.79 Å². The third kappa shape index (κ3) is 8.04. The highest BCUT2D eigenvalue weighted by atomic mass is 32.2. The normalized spacial score (nSPS) is 14.7. The van der Waals surface area contributed by atoms with Gasteiger partial charge in [-0.05, 0) is 39.1 Å². The largest absolute Gasteiger partial charge is 0.494 e. The zero-order valence-electron chi connectivity index (χ0n) is 22.6. The SMILES string of the molecule is C=CC(=O)Nc1cc(Nc2nccc(OC3CCN(S(C)(=O)=O)CC3)n2)c(OC)cc1N(C)CCN(C)C. The van der Waals surface area contributed by atoms with E-state index in [1.165, 1.54) is 16.6 Å². The van der Waals surface area contributed by atoms with E-state index in [1.807, 2.05) is 32.1 Å². The quantitative estimate of drug-likeness (QED) is 0.381. The zero-order valence-corrected chi connectivity index (χ0v) is 23.4. The predicted octanol–water partition coefficient (Wildman–Crippen LogP) is 2.15. The molecule has 1 aliphatic heterocycles. The monoisotopic (exact) mass is 547 g/mol. The highest BCUT2D eigenvalue weighted by molar-refractivity contribution is 7.88. The minimum atomic E-state index is -3.21. The molecule has 2 aromatic rings. The highest BCUT2D eigenvalue weighted by Crippen LogP contribution is 2.38. The number of rotatable bonds is 12. The standard InChI is InChI=1S/C25H37N7O5S/c1-7-23(33)27-19-16-20(22(36-5)17-21(19)31(4)15-14-30(2)3)28-25-26-11-8-24(29-25)37-18-9-12-32(13-10-18)38(6,34)35/h7-8,11,16-18H,1,9-10,12-15H2,2-6H3,(H,27,33)(H,26,28,29). The molecule has 12 nitrogen and oxygen atoms in total. The maximum absolute atomic E-state index is 12.2. The Hall–Kier alpha value is -3.42. The molecule has 0 radical (unpaired) electrons. The van der Waals surface area contributed by atoms with Gasteiger partial charge in [-0.2, -0.15) is 4.98 Å². The average molecular weight is 548 g/mol. The van der Waals surface area contributed by atoms with Gasteiger partial charge in [-0.25, -0.2) is 17.7 Å². The number of methoxy groups -OCH3 is 1. The lowest BCUT2D eigenvalue weighted by molar-refractivity contribution is -0.111. The van der Waals surface area contributed by atoms with Crippen molar-refractivity contribution < 1.29 is 22.7 Å². The Kier molecular flexibility index (Phi) is 9.89. The Morgan fingerprint density at radius 3 is 2.53 bits per heavy atom. The number of piperidine rings is 1. The van der Waals surface area contributed by atoms with E-state index in [0.717, 1.165) is 18.8 Å². The van der Waals surface area contributed by atoms with Crippen LogP contribution >= 0.6 is 0 Å². The second-order valence-electron chi connectivity index (χ2n) is 9.31. The molecule has 13 heteroatoms. The third-order valence-corrected chi connectivity index (χ3v) is 7.39. The van der Waals surface area contributed by atoms with Crippen molar-refractivity contribution in [1.29, 1.82) is 0 Å². The van der Waals surface area contributed by atoms with Gasteiger partial charge in [0.2, 0.25) is 27.8 Å². The van der Waals surface area contributed by atoms with Crippen molar-refractivity contribution in [2.75, 3.05) is 76.2 Å². The summed E-state index contributed by atoms with van der Waals surface area (Å²) in [7, 11) is 4.30. The summed E-state index contributed by atoms with van der Waals surface area (Å²) in [5.41, 5.74) is 1.91. The number of ether oxygens (including phenoxy) is 2. The van der Waals surface area contributed by atoms with E-state index in [-0.39, 0.29) is 18.0 Å². The molecule has 208 valence electrons. The summed E-state index contributed by atoms with van der Waals surface area (Å²) in [5.74, 6) is 0.858. The summed E-state index contributed by atoms with van der Waals surface area (Å²) in [4.78, 5) is 25.0. The van der Waals surface area contributed by atoms with Gasteiger partial charge in [0.15, 0.2) is 0 Å². The molecule has 0 aliphatic carbocycles. The molecule has 0 saturated carbocycles. The van der Waals surface area contributed by atoms with Crippen molar-refractivity contribution in [3.63, 3.8) is 0 Å². The summed E-state index contributed by atoms with van der Waals surface area (Å²) < 4.78 is 36.6. The molecule has 3 rings (SSSR count). The lowest BCUT2D eigenvalue weighted by atomic mass is 10.1. The Labute approximate surface area is 224 Å². The second-order valence-corrected chi connectivity index (χ2v) is 11.3. The van der Waals surface area contributed by atoms with E-state index in [1.54, 1.807) is 25.4 Å². The van der Waals surface area contributed by atoms with E-state index in [2.05, 4.69) is 32.1 Å². The van der Waals surface area contributed by atoms with Crippen LogP contribution in [0.4, 0.5) is 23.0 Å². The topological polar surface area (TPSA) is 129 Å². The number of aromatic nitrogens is 2. The van der Waals surface area contributed by atoms with Gasteiger partial charge < -0.3 is 29.9 Å². The summed E-state index contributed by atoms with van der Waals surface area (Å²) in [6.45, 7) is 5.91. The number of amides is 1. The Morgan fingerprint density at radius 2 is 1.92 bits per heavy atom. The lowest BCUT2D eigenvalue weighted by Gasteiger charge is -2.30. The number of benzene rings is 1. The van der Waals surface area contributed by atoms with Gasteiger partial charge >= 0.3 is 0 Å². The Morgan fingerprint density at radius 1 is 1.21 bits per heavy atom. The summed E-state index contributed by atoms with van der Waals surface area (Å²) >= 11 is 0.